The van der Waals surface area contributed by atoms with Crippen LogP contribution in [0.2, 0.25) is 0 Å². The van der Waals surface area contributed by atoms with Crippen LogP contribution in [0.5, 0.6) is 5.75 Å². The van der Waals surface area contributed by atoms with Gasteiger partial charge in [0.1, 0.15) is 5.75 Å². The Bertz CT molecular complexity index is 1010. The van der Waals surface area contributed by atoms with Crippen molar-refractivity contribution in [3.05, 3.63) is 87.6 Å². The molecule has 0 N–H and O–H groups in total. The molecule has 1 aliphatic rings. The third kappa shape index (κ3) is 4.26. The topological polar surface area (TPSA) is 91.0 Å². The van der Waals surface area contributed by atoms with Crippen LogP contribution >= 0.6 is 0 Å². The number of alkyl halides is 2. The largest absolute Gasteiger partial charge is 0.434 e. The van der Waals surface area contributed by atoms with Gasteiger partial charge < -0.3 is 9.47 Å². The third-order valence-corrected chi connectivity index (χ3v) is 3.62. The Balaban J connectivity index is 1.86. The predicted molar refractivity (Wildman–Crippen MR) is 95.9 cm³/mol. The van der Waals surface area contributed by atoms with Crippen LogP contribution < -0.4 is 4.74 Å². The Hall–Kier alpha value is -3.88. The Morgan fingerprint density at radius 2 is 1.86 bits per heavy atom. The average molecular weight is 386 g/mol. The molecule has 0 aromatic heterocycles. The highest BCUT2D eigenvalue weighted by Crippen LogP contribution is 2.26. The first-order valence-corrected chi connectivity index (χ1v) is 7.92. The van der Waals surface area contributed by atoms with Crippen LogP contribution in [0.4, 0.5) is 14.5 Å². The molecule has 142 valence electrons. The number of hydrogen-bond donors (Lipinski definition) is 0. The van der Waals surface area contributed by atoms with Crippen LogP contribution in [0.15, 0.2) is 71.4 Å². The first-order chi connectivity index (χ1) is 13.5. The lowest BCUT2D eigenvalue weighted by molar-refractivity contribution is -0.385. The van der Waals surface area contributed by atoms with E-state index < -0.39 is 17.5 Å². The number of nitro benzene ring substituents is 1. The second kappa shape index (κ2) is 8.21. The number of cyclic esters (lactones) is 1. The van der Waals surface area contributed by atoms with Gasteiger partial charge in [-0.25, -0.2) is 9.79 Å². The van der Waals surface area contributed by atoms with E-state index in [-0.39, 0.29) is 28.6 Å². The van der Waals surface area contributed by atoms with Crippen molar-refractivity contribution < 1.29 is 28.0 Å². The van der Waals surface area contributed by atoms with E-state index in [0.29, 0.717) is 5.56 Å². The van der Waals surface area contributed by atoms with Crippen molar-refractivity contribution in [1.82, 2.24) is 0 Å². The molecule has 0 unspecified atom stereocenters. The van der Waals surface area contributed by atoms with E-state index in [2.05, 4.69) is 9.73 Å². The predicted octanol–water partition coefficient (Wildman–Crippen LogP) is 4.10. The SMILES string of the molecule is O=C1OC(c2ccccc2OC(F)F)=N/C1=C\C=C\c1ccccc1[N+](=O)[O-]. The molecule has 1 heterocycles. The Morgan fingerprint density at radius 3 is 2.61 bits per heavy atom. The maximum Gasteiger partial charge on any atom is 0.387 e. The number of aliphatic imine (C=N–C) groups is 1. The van der Waals surface area contributed by atoms with Gasteiger partial charge in [-0.15, -0.1) is 0 Å². The fraction of sp³-hybridized carbons (Fsp3) is 0.0526. The summed E-state index contributed by atoms with van der Waals surface area (Å²) >= 11 is 0. The van der Waals surface area contributed by atoms with Gasteiger partial charge in [0.2, 0.25) is 5.90 Å². The van der Waals surface area contributed by atoms with E-state index >= 15 is 0 Å². The number of rotatable bonds is 6. The smallest absolute Gasteiger partial charge is 0.387 e. The number of carbonyl (C=O) groups excluding carboxylic acids is 1. The average Bonchev–Trinajstić information content (AvgIpc) is 3.02. The Morgan fingerprint density at radius 1 is 1.14 bits per heavy atom. The zero-order chi connectivity index (χ0) is 20.1. The second-order valence-corrected chi connectivity index (χ2v) is 5.41. The number of hydrogen-bond acceptors (Lipinski definition) is 6. The maximum absolute atomic E-state index is 12.5. The number of halogens is 2. The second-order valence-electron chi connectivity index (χ2n) is 5.41. The van der Waals surface area contributed by atoms with E-state index in [4.69, 9.17) is 4.74 Å². The van der Waals surface area contributed by atoms with Gasteiger partial charge in [0.15, 0.2) is 5.70 Å². The summed E-state index contributed by atoms with van der Waals surface area (Å²) in [6.45, 7) is -3.04. The van der Waals surface area contributed by atoms with Crippen LogP contribution in [0.25, 0.3) is 6.08 Å². The molecular weight excluding hydrogens is 374 g/mol. The molecule has 1 aliphatic heterocycles. The molecule has 2 aromatic carbocycles. The summed E-state index contributed by atoms with van der Waals surface area (Å²) in [4.78, 5) is 26.4. The molecule has 2 aromatic rings. The molecular formula is C19H12F2N2O5. The number of para-hydroxylation sites is 2. The van der Waals surface area contributed by atoms with Crippen molar-refractivity contribution >= 4 is 23.6 Å². The highest BCUT2D eigenvalue weighted by Gasteiger charge is 2.26. The molecule has 0 saturated carbocycles. The van der Waals surface area contributed by atoms with E-state index in [1.54, 1.807) is 18.2 Å². The molecule has 0 fully saturated rings. The molecule has 3 rings (SSSR count). The zero-order valence-electron chi connectivity index (χ0n) is 14.1. The Kier molecular flexibility index (Phi) is 5.54. The molecule has 0 spiro atoms. The zero-order valence-corrected chi connectivity index (χ0v) is 14.1. The molecule has 28 heavy (non-hydrogen) atoms. The first-order valence-electron chi connectivity index (χ1n) is 7.92. The van der Waals surface area contributed by atoms with Gasteiger partial charge in [-0.1, -0.05) is 30.3 Å². The van der Waals surface area contributed by atoms with Gasteiger partial charge in [-0.3, -0.25) is 10.1 Å². The van der Waals surface area contributed by atoms with Gasteiger partial charge in [-0.05, 0) is 30.4 Å². The highest BCUT2D eigenvalue weighted by molar-refractivity contribution is 6.12. The van der Waals surface area contributed by atoms with Crippen LogP contribution in [0.1, 0.15) is 11.1 Å². The minimum absolute atomic E-state index is 0.0864. The maximum atomic E-state index is 12.5. The van der Waals surface area contributed by atoms with Crippen LogP contribution in [0, 0.1) is 10.1 Å². The summed E-state index contributed by atoms with van der Waals surface area (Å²) in [5, 5.41) is 11.0. The van der Waals surface area contributed by atoms with Crippen molar-refractivity contribution in [2.45, 2.75) is 6.61 Å². The minimum Gasteiger partial charge on any atom is -0.434 e. The lowest BCUT2D eigenvalue weighted by atomic mass is 10.1. The van der Waals surface area contributed by atoms with E-state index in [0.717, 1.165) is 0 Å². The fourth-order valence-corrected chi connectivity index (χ4v) is 2.42. The summed E-state index contributed by atoms with van der Waals surface area (Å²) in [6.07, 6.45) is 4.16. The van der Waals surface area contributed by atoms with Crippen molar-refractivity contribution in [1.29, 1.82) is 0 Å². The third-order valence-electron chi connectivity index (χ3n) is 3.62. The van der Waals surface area contributed by atoms with Gasteiger partial charge in [-0.2, -0.15) is 8.78 Å². The number of allylic oxidation sites excluding steroid dienone is 2. The monoisotopic (exact) mass is 386 g/mol. The normalized spacial score (nSPS) is 15.2. The summed E-state index contributed by atoms with van der Waals surface area (Å²) in [6, 6.07) is 11.9. The molecule has 0 atom stereocenters. The number of carbonyl (C=O) groups is 1. The quantitative estimate of drug-likeness (QED) is 0.323. The van der Waals surface area contributed by atoms with Crippen molar-refractivity contribution in [3.8, 4) is 5.75 Å². The van der Waals surface area contributed by atoms with Gasteiger partial charge in [0.05, 0.1) is 16.1 Å². The van der Waals surface area contributed by atoms with Gasteiger partial charge >= 0.3 is 12.6 Å². The van der Waals surface area contributed by atoms with Crippen LogP contribution in [-0.2, 0) is 9.53 Å². The Labute approximate surface area is 157 Å². The number of esters is 1. The number of nitro groups is 1. The highest BCUT2D eigenvalue weighted by atomic mass is 19.3. The molecule has 9 heteroatoms. The number of ether oxygens (including phenoxy) is 2. The number of nitrogens with zero attached hydrogens (tertiary/aromatic N) is 2. The van der Waals surface area contributed by atoms with E-state index in [9.17, 15) is 23.7 Å². The number of benzene rings is 2. The van der Waals surface area contributed by atoms with Crippen molar-refractivity contribution in [2.75, 3.05) is 0 Å². The summed E-state index contributed by atoms with van der Waals surface area (Å²) in [5.74, 6) is -1.14. The lowest BCUT2D eigenvalue weighted by Crippen LogP contribution is -2.10. The van der Waals surface area contributed by atoms with Gasteiger partial charge in [0, 0.05) is 6.07 Å². The van der Waals surface area contributed by atoms with Crippen LogP contribution in [-0.4, -0.2) is 23.4 Å². The van der Waals surface area contributed by atoms with E-state index in [1.165, 1.54) is 48.6 Å². The van der Waals surface area contributed by atoms with Gasteiger partial charge in [0.25, 0.3) is 5.69 Å². The fourth-order valence-electron chi connectivity index (χ4n) is 2.42. The van der Waals surface area contributed by atoms with E-state index in [1.807, 2.05) is 0 Å². The molecule has 0 bridgehead atoms. The standard InChI is InChI=1S/C19H12F2N2O5/c20-19(21)27-16-11-4-2-8-13(16)17-22-14(18(24)28-17)9-5-7-12-6-1-3-10-15(12)23(25)26/h1-11,19H/b7-5+,14-9-. The first kappa shape index (κ1) is 18.9. The summed E-state index contributed by atoms with van der Waals surface area (Å²) in [5.41, 5.74) is 0.267. The lowest BCUT2D eigenvalue weighted by Gasteiger charge is -2.08. The summed E-state index contributed by atoms with van der Waals surface area (Å²) < 4.78 is 34.5. The molecule has 7 nitrogen and oxygen atoms in total. The van der Waals surface area contributed by atoms with Crippen molar-refractivity contribution in [3.63, 3.8) is 0 Å². The minimum atomic E-state index is -3.04. The molecule has 0 amide bonds. The van der Waals surface area contributed by atoms with Crippen molar-refractivity contribution in [2.24, 2.45) is 4.99 Å². The molecule has 0 saturated heterocycles. The molecule has 0 radical (unpaired) electrons. The summed E-state index contributed by atoms with van der Waals surface area (Å²) in [7, 11) is 0. The van der Waals surface area contributed by atoms with Crippen LogP contribution in [0.3, 0.4) is 0 Å². The molecule has 0 aliphatic carbocycles.